The van der Waals surface area contributed by atoms with Crippen LogP contribution in [0.3, 0.4) is 0 Å². The predicted molar refractivity (Wildman–Crippen MR) is 59.8 cm³/mol. The summed E-state index contributed by atoms with van der Waals surface area (Å²) < 4.78 is 0. The Hall–Kier alpha value is -1.49. The molecular formula is C10H10N2O2S. The molecule has 0 spiro atoms. The van der Waals surface area contributed by atoms with Crippen LogP contribution in [0.15, 0.2) is 30.3 Å². The fourth-order valence-electron chi connectivity index (χ4n) is 1.40. The lowest BCUT2D eigenvalue weighted by atomic mass is 10.3. The molecule has 2 rings (SSSR count). The maximum absolute atomic E-state index is 11.4. The van der Waals surface area contributed by atoms with Crippen molar-refractivity contribution in [1.29, 1.82) is 0 Å². The minimum Gasteiger partial charge on any atom is -0.354 e. The van der Waals surface area contributed by atoms with E-state index in [-0.39, 0.29) is 11.1 Å². The summed E-state index contributed by atoms with van der Waals surface area (Å²) in [5.41, 5.74) is 0.917. The number of likely N-dealkylation sites (N-methyl/N-ethyl adjacent to an activating group) is 1. The molecule has 4 nitrogen and oxygen atoms in total. The van der Waals surface area contributed by atoms with Gasteiger partial charge in [-0.2, -0.15) is 0 Å². The highest BCUT2D eigenvalue weighted by Crippen LogP contribution is 2.25. The summed E-state index contributed by atoms with van der Waals surface area (Å²) in [4.78, 5) is 24.2. The number of para-hydroxylation sites is 1. The Balaban J connectivity index is 2.18. The van der Waals surface area contributed by atoms with Crippen LogP contribution >= 0.6 is 11.8 Å². The van der Waals surface area contributed by atoms with Gasteiger partial charge in [-0.05, 0) is 23.9 Å². The van der Waals surface area contributed by atoms with Gasteiger partial charge in [-0.3, -0.25) is 14.9 Å². The third kappa shape index (κ3) is 1.97. The smallest absolute Gasteiger partial charge is 0.288 e. The molecule has 0 radical (unpaired) electrons. The SMILES string of the molecule is CN(c1ccccc1)[C@@H]1SC(=O)NC1=O. The van der Waals surface area contributed by atoms with Crippen molar-refractivity contribution in [3.05, 3.63) is 30.3 Å². The number of carbonyl (C=O) groups excluding carboxylic acids is 2. The molecule has 15 heavy (non-hydrogen) atoms. The van der Waals surface area contributed by atoms with Gasteiger partial charge in [0.05, 0.1) is 0 Å². The monoisotopic (exact) mass is 222 g/mol. The summed E-state index contributed by atoms with van der Waals surface area (Å²) in [6, 6.07) is 9.49. The fourth-order valence-corrected chi connectivity index (χ4v) is 2.21. The first kappa shape index (κ1) is 10.0. The first-order chi connectivity index (χ1) is 7.18. The maximum atomic E-state index is 11.4. The minimum absolute atomic E-state index is 0.253. The first-order valence-electron chi connectivity index (χ1n) is 4.48. The van der Waals surface area contributed by atoms with E-state index in [4.69, 9.17) is 0 Å². The van der Waals surface area contributed by atoms with Crippen molar-refractivity contribution in [2.24, 2.45) is 0 Å². The van der Waals surface area contributed by atoms with Crippen molar-refractivity contribution in [3.63, 3.8) is 0 Å². The number of anilines is 1. The molecular weight excluding hydrogens is 212 g/mol. The van der Waals surface area contributed by atoms with E-state index in [1.807, 2.05) is 30.3 Å². The Labute approximate surface area is 91.6 Å². The predicted octanol–water partition coefficient (Wildman–Crippen LogP) is 1.43. The third-order valence-corrected chi connectivity index (χ3v) is 3.25. The van der Waals surface area contributed by atoms with Crippen LogP contribution < -0.4 is 10.2 Å². The Morgan fingerprint density at radius 3 is 2.47 bits per heavy atom. The lowest BCUT2D eigenvalue weighted by Gasteiger charge is -2.22. The molecule has 0 saturated carbocycles. The fraction of sp³-hybridized carbons (Fsp3) is 0.200. The van der Waals surface area contributed by atoms with E-state index in [9.17, 15) is 9.59 Å². The molecule has 1 aliphatic heterocycles. The van der Waals surface area contributed by atoms with Gasteiger partial charge in [0.15, 0.2) is 5.37 Å². The number of thioether (sulfide) groups is 1. The number of rotatable bonds is 2. The molecule has 5 heteroatoms. The molecule has 1 N–H and O–H groups in total. The van der Waals surface area contributed by atoms with Crippen LogP contribution in [0.5, 0.6) is 0 Å². The van der Waals surface area contributed by atoms with Crippen molar-refractivity contribution >= 4 is 28.6 Å². The molecule has 1 fully saturated rings. The zero-order valence-electron chi connectivity index (χ0n) is 8.14. The first-order valence-corrected chi connectivity index (χ1v) is 5.36. The van der Waals surface area contributed by atoms with Gasteiger partial charge in [-0.25, -0.2) is 0 Å². The Morgan fingerprint density at radius 1 is 1.27 bits per heavy atom. The summed E-state index contributed by atoms with van der Waals surface area (Å²) >= 11 is 1.00. The number of nitrogens with one attached hydrogen (secondary N) is 1. The van der Waals surface area contributed by atoms with Gasteiger partial charge >= 0.3 is 0 Å². The van der Waals surface area contributed by atoms with Crippen molar-refractivity contribution in [2.45, 2.75) is 5.37 Å². The lowest BCUT2D eigenvalue weighted by molar-refractivity contribution is -0.118. The average molecular weight is 222 g/mol. The van der Waals surface area contributed by atoms with Crippen LogP contribution in [0.25, 0.3) is 0 Å². The highest BCUT2D eigenvalue weighted by atomic mass is 32.2. The van der Waals surface area contributed by atoms with E-state index in [0.717, 1.165) is 17.4 Å². The molecule has 0 bridgehead atoms. The summed E-state index contributed by atoms with van der Waals surface area (Å²) in [6.07, 6.45) is 0. The Kier molecular flexibility index (Phi) is 2.64. The Morgan fingerprint density at radius 2 is 1.93 bits per heavy atom. The second-order valence-corrected chi connectivity index (χ2v) is 4.25. The summed E-state index contributed by atoms with van der Waals surface area (Å²) in [5.74, 6) is -0.253. The van der Waals surface area contributed by atoms with Crippen LogP contribution in [0.2, 0.25) is 0 Å². The van der Waals surface area contributed by atoms with E-state index < -0.39 is 5.37 Å². The summed E-state index contributed by atoms with van der Waals surface area (Å²) in [5, 5.41) is 1.52. The van der Waals surface area contributed by atoms with Crippen LogP contribution in [0, 0.1) is 0 Å². The lowest BCUT2D eigenvalue weighted by Crippen LogP contribution is -2.36. The molecule has 0 unspecified atom stereocenters. The number of nitrogens with zero attached hydrogens (tertiary/aromatic N) is 1. The summed E-state index contributed by atoms with van der Waals surface area (Å²) in [6.45, 7) is 0. The number of carbonyl (C=O) groups is 2. The van der Waals surface area contributed by atoms with Gasteiger partial charge in [0, 0.05) is 12.7 Å². The standard InChI is InChI=1S/C10H10N2O2S/c1-12(7-5-3-2-4-6-7)9-8(13)11-10(14)15-9/h2-6,9H,1H3,(H,11,13,14)/t9-/m1/s1. The summed E-state index contributed by atoms with van der Waals surface area (Å²) in [7, 11) is 1.80. The third-order valence-electron chi connectivity index (χ3n) is 2.18. The topological polar surface area (TPSA) is 49.4 Å². The second kappa shape index (κ2) is 3.94. The van der Waals surface area contributed by atoms with Crippen molar-refractivity contribution in [2.75, 3.05) is 11.9 Å². The highest BCUT2D eigenvalue weighted by Gasteiger charge is 2.34. The van der Waals surface area contributed by atoms with Gasteiger partial charge in [0.2, 0.25) is 0 Å². The number of imide groups is 1. The highest BCUT2D eigenvalue weighted by molar-refractivity contribution is 8.15. The maximum Gasteiger partial charge on any atom is 0.288 e. The van der Waals surface area contributed by atoms with Gasteiger partial charge in [0.25, 0.3) is 11.1 Å². The minimum atomic E-state index is -0.458. The normalized spacial score (nSPS) is 20.2. The molecule has 1 saturated heterocycles. The molecule has 0 aromatic heterocycles. The van der Waals surface area contributed by atoms with E-state index in [2.05, 4.69) is 5.32 Å². The number of amides is 2. The van der Waals surface area contributed by atoms with E-state index in [1.165, 1.54) is 0 Å². The molecule has 1 heterocycles. The van der Waals surface area contributed by atoms with E-state index >= 15 is 0 Å². The van der Waals surface area contributed by atoms with Gasteiger partial charge in [-0.1, -0.05) is 18.2 Å². The van der Waals surface area contributed by atoms with Crippen molar-refractivity contribution < 1.29 is 9.59 Å². The largest absolute Gasteiger partial charge is 0.354 e. The van der Waals surface area contributed by atoms with Crippen molar-refractivity contribution in [1.82, 2.24) is 5.32 Å². The van der Waals surface area contributed by atoms with Gasteiger partial charge in [-0.15, -0.1) is 0 Å². The van der Waals surface area contributed by atoms with Crippen LogP contribution in [-0.4, -0.2) is 23.6 Å². The average Bonchev–Trinajstić information content (AvgIpc) is 2.58. The molecule has 0 aliphatic carbocycles. The molecule has 1 aromatic carbocycles. The zero-order chi connectivity index (χ0) is 10.8. The zero-order valence-corrected chi connectivity index (χ0v) is 8.95. The molecule has 1 aliphatic rings. The number of hydrogen-bond donors (Lipinski definition) is 1. The molecule has 2 amide bonds. The number of benzene rings is 1. The second-order valence-electron chi connectivity index (χ2n) is 3.19. The molecule has 1 aromatic rings. The van der Waals surface area contributed by atoms with E-state index in [0.29, 0.717) is 0 Å². The number of hydrogen-bond acceptors (Lipinski definition) is 4. The van der Waals surface area contributed by atoms with E-state index in [1.54, 1.807) is 11.9 Å². The van der Waals surface area contributed by atoms with Crippen molar-refractivity contribution in [3.8, 4) is 0 Å². The van der Waals surface area contributed by atoms with Crippen LogP contribution in [0.1, 0.15) is 0 Å². The Bertz CT molecular complexity index is 394. The molecule has 78 valence electrons. The quantitative estimate of drug-likeness (QED) is 0.822. The van der Waals surface area contributed by atoms with Crippen LogP contribution in [0.4, 0.5) is 10.5 Å². The molecule has 1 atom stereocenters. The van der Waals surface area contributed by atoms with Crippen LogP contribution in [-0.2, 0) is 4.79 Å². The van der Waals surface area contributed by atoms with Gasteiger partial charge < -0.3 is 4.90 Å². The van der Waals surface area contributed by atoms with Gasteiger partial charge in [0.1, 0.15) is 0 Å².